The lowest BCUT2D eigenvalue weighted by molar-refractivity contribution is 0.204. The minimum Gasteiger partial charge on any atom is -0.330 e. The lowest BCUT2D eigenvalue weighted by Crippen LogP contribution is -2.30. The van der Waals surface area contributed by atoms with E-state index in [4.69, 9.17) is 5.73 Å². The van der Waals surface area contributed by atoms with Crippen LogP contribution in [-0.4, -0.2) is 31.6 Å². The van der Waals surface area contributed by atoms with E-state index in [1.54, 1.807) is 0 Å². The van der Waals surface area contributed by atoms with Crippen molar-refractivity contribution in [3.05, 3.63) is 0 Å². The summed E-state index contributed by atoms with van der Waals surface area (Å²) < 4.78 is 0. The molecule has 0 bridgehead atoms. The highest BCUT2D eigenvalue weighted by molar-refractivity contribution is 4.74. The minimum atomic E-state index is 0.821. The Morgan fingerprint density at radius 3 is 2.27 bits per heavy atom. The molecule has 90 valence electrons. The minimum absolute atomic E-state index is 0.821. The van der Waals surface area contributed by atoms with Crippen molar-refractivity contribution in [1.82, 2.24) is 4.90 Å². The van der Waals surface area contributed by atoms with E-state index in [1.165, 1.54) is 51.6 Å². The fourth-order valence-electron chi connectivity index (χ4n) is 2.61. The Morgan fingerprint density at radius 1 is 1.13 bits per heavy atom. The predicted octanol–water partition coefficient (Wildman–Crippen LogP) is 2.48. The van der Waals surface area contributed by atoms with Crippen LogP contribution < -0.4 is 5.73 Å². The number of hydrogen-bond donors (Lipinski definition) is 1. The molecule has 2 N–H and O–H groups in total. The quantitative estimate of drug-likeness (QED) is 0.733. The molecule has 1 fully saturated rings. The van der Waals surface area contributed by atoms with Gasteiger partial charge in [0.05, 0.1) is 0 Å². The molecule has 15 heavy (non-hydrogen) atoms. The van der Waals surface area contributed by atoms with Crippen LogP contribution in [0, 0.1) is 11.8 Å². The number of unbranched alkanes of at least 4 members (excludes halogenated alkanes) is 1. The standard InChI is InChI=1S/C13H28N2/c1-3-4-9-15(2)11-13-7-5-12(10-14)6-8-13/h12-13H,3-11,14H2,1-2H3. The second-order valence-electron chi connectivity index (χ2n) is 5.24. The van der Waals surface area contributed by atoms with Gasteiger partial charge in [-0.1, -0.05) is 13.3 Å². The normalized spacial score (nSPS) is 27.2. The third-order valence-corrected chi connectivity index (χ3v) is 3.76. The first-order valence-corrected chi connectivity index (χ1v) is 6.64. The zero-order valence-electron chi connectivity index (χ0n) is 10.5. The average molecular weight is 212 g/mol. The summed E-state index contributed by atoms with van der Waals surface area (Å²) in [6.07, 6.45) is 8.18. The molecule has 0 unspecified atom stereocenters. The van der Waals surface area contributed by atoms with Gasteiger partial charge in [-0.25, -0.2) is 0 Å². The second kappa shape index (κ2) is 7.24. The maximum absolute atomic E-state index is 5.71. The zero-order valence-corrected chi connectivity index (χ0v) is 10.5. The smallest absolute Gasteiger partial charge is 0.000661 e. The highest BCUT2D eigenvalue weighted by Crippen LogP contribution is 2.28. The van der Waals surface area contributed by atoms with E-state index >= 15 is 0 Å². The highest BCUT2D eigenvalue weighted by atomic mass is 15.1. The molecule has 0 aromatic carbocycles. The Balaban J connectivity index is 2.12. The monoisotopic (exact) mass is 212 g/mol. The lowest BCUT2D eigenvalue weighted by atomic mass is 9.82. The van der Waals surface area contributed by atoms with Gasteiger partial charge in [0.25, 0.3) is 0 Å². The van der Waals surface area contributed by atoms with Gasteiger partial charge in [-0.15, -0.1) is 0 Å². The maximum Gasteiger partial charge on any atom is 0.000661 e. The van der Waals surface area contributed by atoms with Crippen LogP contribution in [0.2, 0.25) is 0 Å². The predicted molar refractivity (Wildman–Crippen MR) is 66.9 cm³/mol. The van der Waals surface area contributed by atoms with E-state index in [9.17, 15) is 0 Å². The molecule has 0 amide bonds. The first kappa shape index (κ1) is 13.0. The van der Waals surface area contributed by atoms with Gasteiger partial charge in [0.2, 0.25) is 0 Å². The molecular formula is C13H28N2. The summed E-state index contributed by atoms with van der Waals surface area (Å²) in [5.41, 5.74) is 5.71. The summed E-state index contributed by atoms with van der Waals surface area (Å²) in [5.74, 6) is 1.76. The summed E-state index contributed by atoms with van der Waals surface area (Å²) in [5, 5.41) is 0. The summed E-state index contributed by atoms with van der Waals surface area (Å²) in [4.78, 5) is 2.51. The Hall–Kier alpha value is -0.0800. The molecule has 2 nitrogen and oxygen atoms in total. The van der Waals surface area contributed by atoms with Gasteiger partial charge in [0, 0.05) is 6.54 Å². The van der Waals surface area contributed by atoms with Gasteiger partial charge >= 0.3 is 0 Å². The molecule has 0 radical (unpaired) electrons. The van der Waals surface area contributed by atoms with Crippen LogP contribution in [0.1, 0.15) is 45.4 Å². The summed E-state index contributed by atoms with van der Waals surface area (Å²) in [7, 11) is 2.27. The fraction of sp³-hybridized carbons (Fsp3) is 1.00. The van der Waals surface area contributed by atoms with Crippen molar-refractivity contribution in [3.63, 3.8) is 0 Å². The summed E-state index contributed by atoms with van der Waals surface area (Å²) >= 11 is 0. The molecule has 1 rings (SSSR count). The largest absolute Gasteiger partial charge is 0.330 e. The molecule has 0 atom stereocenters. The van der Waals surface area contributed by atoms with E-state index in [1.807, 2.05) is 0 Å². The van der Waals surface area contributed by atoms with Gasteiger partial charge in [-0.05, 0) is 64.1 Å². The van der Waals surface area contributed by atoms with E-state index in [2.05, 4.69) is 18.9 Å². The summed E-state index contributed by atoms with van der Waals surface area (Å²) in [6.45, 7) is 5.74. The van der Waals surface area contributed by atoms with E-state index in [0.29, 0.717) is 0 Å². The van der Waals surface area contributed by atoms with Crippen LogP contribution in [0.25, 0.3) is 0 Å². The van der Waals surface area contributed by atoms with Crippen molar-refractivity contribution in [2.24, 2.45) is 17.6 Å². The van der Waals surface area contributed by atoms with Crippen LogP contribution in [0.4, 0.5) is 0 Å². The summed E-state index contributed by atoms with van der Waals surface area (Å²) in [6, 6.07) is 0. The van der Waals surface area contributed by atoms with Crippen LogP contribution in [-0.2, 0) is 0 Å². The molecule has 0 saturated heterocycles. The van der Waals surface area contributed by atoms with Gasteiger partial charge in [0.1, 0.15) is 0 Å². The molecule has 0 aliphatic heterocycles. The van der Waals surface area contributed by atoms with Gasteiger partial charge in [-0.3, -0.25) is 0 Å². The van der Waals surface area contributed by atoms with Crippen molar-refractivity contribution >= 4 is 0 Å². The molecular weight excluding hydrogens is 184 g/mol. The van der Waals surface area contributed by atoms with Crippen LogP contribution in [0.5, 0.6) is 0 Å². The van der Waals surface area contributed by atoms with Gasteiger partial charge in [-0.2, -0.15) is 0 Å². The number of rotatable bonds is 6. The van der Waals surface area contributed by atoms with Crippen LogP contribution in [0.15, 0.2) is 0 Å². The number of nitrogens with two attached hydrogens (primary N) is 1. The second-order valence-corrected chi connectivity index (χ2v) is 5.24. The molecule has 0 heterocycles. The lowest BCUT2D eigenvalue weighted by Gasteiger charge is -2.30. The third-order valence-electron chi connectivity index (χ3n) is 3.76. The van der Waals surface area contributed by atoms with Crippen LogP contribution in [0.3, 0.4) is 0 Å². The Labute approximate surface area is 95.2 Å². The van der Waals surface area contributed by atoms with Crippen molar-refractivity contribution in [2.45, 2.75) is 45.4 Å². The fourth-order valence-corrected chi connectivity index (χ4v) is 2.61. The molecule has 2 heteroatoms. The number of nitrogens with zero attached hydrogens (tertiary/aromatic N) is 1. The first-order valence-electron chi connectivity index (χ1n) is 6.64. The van der Waals surface area contributed by atoms with Crippen LogP contribution >= 0.6 is 0 Å². The maximum atomic E-state index is 5.71. The van der Waals surface area contributed by atoms with Crippen molar-refractivity contribution in [1.29, 1.82) is 0 Å². The Bertz CT molecular complexity index is 151. The van der Waals surface area contributed by atoms with Gasteiger partial charge < -0.3 is 10.6 Å². The Morgan fingerprint density at radius 2 is 1.73 bits per heavy atom. The van der Waals surface area contributed by atoms with E-state index < -0.39 is 0 Å². The molecule has 1 aliphatic rings. The van der Waals surface area contributed by atoms with Gasteiger partial charge in [0.15, 0.2) is 0 Å². The molecule has 0 aromatic heterocycles. The third kappa shape index (κ3) is 4.98. The molecule has 0 aromatic rings. The molecule has 1 aliphatic carbocycles. The molecule has 0 spiro atoms. The van der Waals surface area contributed by atoms with Crippen molar-refractivity contribution in [3.8, 4) is 0 Å². The van der Waals surface area contributed by atoms with E-state index in [-0.39, 0.29) is 0 Å². The van der Waals surface area contributed by atoms with Crippen molar-refractivity contribution < 1.29 is 0 Å². The SMILES string of the molecule is CCCCN(C)CC1CCC(CN)CC1. The van der Waals surface area contributed by atoms with E-state index in [0.717, 1.165) is 18.4 Å². The average Bonchev–Trinajstić information content (AvgIpc) is 2.27. The number of hydrogen-bond acceptors (Lipinski definition) is 2. The van der Waals surface area contributed by atoms with Crippen molar-refractivity contribution in [2.75, 3.05) is 26.7 Å². The first-order chi connectivity index (χ1) is 7.26. The highest BCUT2D eigenvalue weighted by Gasteiger charge is 2.20. The topological polar surface area (TPSA) is 29.3 Å². The zero-order chi connectivity index (χ0) is 11.1. The molecule has 1 saturated carbocycles. The Kier molecular flexibility index (Phi) is 6.26.